The van der Waals surface area contributed by atoms with Gasteiger partial charge in [-0.05, 0) is 55.7 Å². The maximum absolute atomic E-state index is 10.7. The number of carbonyl (C=O) groups excluding carboxylic acids is 1. The van der Waals surface area contributed by atoms with Crippen LogP contribution in [-0.4, -0.2) is 29.4 Å². The van der Waals surface area contributed by atoms with Crippen LogP contribution in [0.1, 0.15) is 60.4 Å². The molecule has 0 aliphatic carbocycles. The predicted octanol–water partition coefficient (Wildman–Crippen LogP) is 6.41. The van der Waals surface area contributed by atoms with Crippen molar-refractivity contribution < 1.29 is 14.7 Å². The van der Waals surface area contributed by atoms with Crippen LogP contribution in [0, 0.1) is 6.92 Å². The average molecular weight is 446 g/mol. The molecule has 1 N–H and O–H groups in total. The van der Waals surface area contributed by atoms with E-state index in [0.29, 0.717) is 5.92 Å². The molecule has 0 bridgehead atoms. The smallest absolute Gasteiger partial charge is 0.303 e. The topological polar surface area (TPSA) is 57.6 Å². The van der Waals surface area contributed by atoms with Gasteiger partial charge in [-0.15, -0.1) is 0 Å². The van der Waals surface area contributed by atoms with E-state index in [1.165, 1.54) is 16.7 Å². The van der Waals surface area contributed by atoms with E-state index in [9.17, 15) is 9.59 Å². The summed E-state index contributed by atoms with van der Waals surface area (Å²) >= 11 is 0. The maximum atomic E-state index is 10.7. The molecule has 0 aliphatic heterocycles. The van der Waals surface area contributed by atoms with Gasteiger partial charge in [-0.2, -0.15) is 0 Å². The largest absolute Gasteiger partial charge is 0.481 e. The Balaban J connectivity index is 0.000000273. The summed E-state index contributed by atoms with van der Waals surface area (Å²) in [6.45, 7) is 4.09. The Labute approximate surface area is 197 Å². The number of aliphatic carboxylic acids is 1. The average Bonchev–Trinajstić information content (AvgIpc) is 2.85. The minimum atomic E-state index is -0.711. The summed E-state index contributed by atoms with van der Waals surface area (Å²) in [6, 6.07) is 29.1. The molecule has 2 unspecified atom stereocenters. The number of carbonyl (C=O) groups is 2. The van der Waals surface area contributed by atoms with E-state index in [1.807, 2.05) is 43.3 Å². The van der Waals surface area contributed by atoms with E-state index < -0.39 is 5.97 Å². The van der Waals surface area contributed by atoms with Gasteiger partial charge in [0.15, 0.2) is 0 Å². The second kappa shape index (κ2) is 13.9. The molecular weight excluding hydrogens is 410 g/mol. The van der Waals surface area contributed by atoms with Gasteiger partial charge < -0.3 is 10.0 Å². The van der Waals surface area contributed by atoms with Crippen LogP contribution in [0.3, 0.4) is 0 Å². The fraction of sp³-hybridized carbons (Fsp3) is 0.310. The molecule has 0 aliphatic rings. The van der Waals surface area contributed by atoms with Crippen molar-refractivity contribution in [2.45, 2.75) is 51.5 Å². The maximum Gasteiger partial charge on any atom is 0.303 e. The third-order valence-corrected chi connectivity index (χ3v) is 5.88. The lowest BCUT2D eigenvalue weighted by atomic mass is 9.87. The standard InChI is InChI=1S/C19H22O2.C10H13NO/c1-15-10-12-16(13-11-15)14-18(8-5-9-19(20)21)17-6-3-2-4-7-17;1-9(11(2)8-12)10-6-4-3-5-7-10/h2-4,6-7,10-13,18H,5,8-9,14H2,1H3,(H,20,21);3-9H,1-2H3. The Hall–Kier alpha value is -3.40. The molecule has 4 heteroatoms. The number of nitrogens with zero attached hydrogens (tertiary/aromatic N) is 1. The van der Waals surface area contributed by atoms with Crippen molar-refractivity contribution in [2.75, 3.05) is 7.05 Å². The fourth-order valence-corrected chi connectivity index (χ4v) is 3.68. The molecule has 0 saturated carbocycles. The molecule has 174 valence electrons. The zero-order valence-electron chi connectivity index (χ0n) is 19.9. The van der Waals surface area contributed by atoms with Crippen LogP contribution >= 0.6 is 0 Å². The van der Waals surface area contributed by atoms with Crippen molar-refractivity contribution in [3.05, 3.63) is 107 Å². The molecule has 3 rings (SSSR count). The minimum Gasteiger partial charge on any atom is -0.481 e. The van der Waals surface area contributed by atoms with Crippen molar-refractivity contribution in [3.63, 3.8) is 0 Å². The number of carboxylic acid groups (broad SMARTS) is 1. The molecule has 2 atom stereocenters. The highest BCUT2D eigenvalue weighted by Gasteiger charge is 2.13. The number of amides is 1. The Morgan fingerprint density at radius 2 is 1.45 bits per heavy atom. The summed E-state index contributed by atoms with van der Waals surface area (Å²) < 4.78 is 0. The number of rotatable bonds is 10. The molecule has 0 saturated heterocycles. The third-order valence-electron chi connectivity index (χ3n) is 5.88. The Morgan fingerprint density at radius 1 is 0.909 bits per heavy atom. The molecule has 3 aromatic carbocycles. The van der Waals surface area contributed by atoms with Gasteiger partial charge in [0.25, 0.3) is 0 Å². The van der Waals surface area contributed by atoms with Crippen LogP contribution in [0.5, 0.6) is 0 Å². The van der Waals surface area contributed by atoms with Gasteiger partial charge in [0.2, 0.25) is 6.41 Å². The van der Waals surface area contributed by atoms with E-state index >= 15 is 0 Å². The first-order valence-corrected chi connectivity index (χ1v) is 11.4. The van der Waals surface area contributed by atoms with Crippen molar-refractivity contribution in [2.24, 2.45) is 0 Å². The SMILES string of the molecule is CC(c1ccccc1)N(C)C=O.Cc1ccc(CC(CCCC(=O)O)c2ccccc2)cc1. The van der Waals surface area contributed by atoms with Crippen LogP contribution in [0.15, 0.2) is 84.9 Å². The monoisotopic (exact) mass is 445 g/mol. The summed E-state index contributed by atoms with van der Waals surface area (Å²) in [6.07, 6.45) is 3.68. The summed E-state index contributed by atoms with van der Waals surface area (Å²) in [5.41, 5.74) is 5.03. The van der Waals surface area contributed by atoms with Crippen molar-refractivity contribution in [1.82, 2.24) is 4.90 Å². The van der Waals surface area contributed by atoms with Gasteiger partial charge in [-0.1, -0.05) is 90.5 Å². The zero-order valence-corrected chi connectivity index (χ0v) is 19.9. The van der Waals surface area contributed by atoms with Gasteiger partial charge in [0, 0.05) is 13.5 Å². The molecule has 0 spiro atoms. The van der Waals surface area contributed by atoms with Crippen molar-refractivity contribution in [1.29, 1.82) is 0 Å². The summed E-state index contributed by atoms with van der Waals surface area (Å²) in [5.74, 6) is -0.328. The fourth-order valence-electron chi connectivity index (χ4n) is 3.68. The lowest BCUT2D eigenvalue weighted by Crippen LogP contribution is -2.20. The third kappa shape index (κ3) is 9.32. The molecule has 0 fully saturated rings. The zero-order chi connectivity index (χ0) is 24.1. The summed E-state index contributed by atoms with van der Waals surface area (Å²) in [5, 5.41) is 8.82. The normalized spacial score (nSPS) is 12.1. The first kappa shape index (κ1) is 25.9. The van der Waals surface area contributed by atoms with Crippen LogP contribution in [-0.2, 0) is 16.0 Å². The molecular formula is C29H35NO3. The number of aryl methyl sites for hydroxylation is 1. The van der Waals surface area contributed by atoms with Gasteiger partial charge >= 0.3 is 5.97 Å². The number of carboxylic acids is 1. The Bertz CT molecular complexity index is 955. The van der Waals surface area contributed by atoms with Crippen LogP contribution < -0.4 is 0 Å². The highest BCUT2D eigenvalue weighted by molar-refractivity contribution is 5.66. The lowest BCUT2D eigenvalue weighted by molar-refractivity contribution is -0.137. The first-order valence-electron chi connectivity index (χ1n) is 11.4. The van der Waals surface area contributed by atoms with E-state index in [-0.39, 0.29) is 12.5 Å². The van der Waals surface area contributed by atoms with Gasteiger partial charge in [0.05, 0.1) is 6.04 Å². The second-order valence-electron chi connectivity index (χ2n) is 8.44. The molecule has 1 amide bonds. The molecule has 0 heterocycles. The van der Waals surface area contributed by atoms with Gasteiger partial charge in [0.1, 0.15) is 0 Å². The van der Waals surface area contributed by atoms with E-state index in [2.05, 4.69) is 55.5 Å². The lowest BCUT2D eigenvalue weighted by Gasteiger charge is -2.20. The van der Waals surface area contributed by atoms with Gasteiger partial charge in [-0.3, -0.25) is 9.59 Å². The van der Waals surface area contributed by atoms with Crippen LogP contribution in [0.4, 0.5) is 0 Å². The predicted molar refractivity (Wildman–Crippen MR) is 134 cm³/mol. The molecule has 3 aromatic rings. The minimum absolute atomic E-state index is 0.156. The molecule has 0 aromatic heterocycles. The highest BCUT2D eigenvalue weighted by Crippen LogP contribution is 2.26. The summed E-state index contributed by atoms with van der Waals surface area (Å²) in [7, 11) is 1.78. The van der Waals surface area contributed by atoms with E-state index in [4.69, 9.17) is 5.11 Å². The number of benzene rings is 3. The van der Waals surface area contributed by atoms with Crippen LogP contribution in [0.2, 0.25) is 0 Å². The Morgan fingerprint density at radius 3 is 1.97 bits per heavy atom. The molecule has 4 nitrogen and oxygen atoms in total. The number of hydrogen-bond donors (Lipinski definition) is 1. The van der Waals surface area contributed by atoms with Crippen molar-refractivity contribution >= 4 is 12.4 Å². The first-order chi connectivity index (χ1) is 15.9. The van der Waals surface area contributed by atoms with Gasteiger partial charge in [-0.25, -0.2) is 0 Å². The van der Waals surface area contributed by atoms with E-state index in [1.54, 1.807) is 11.9 Å². The van der Waals surface area contributed by atoms with E-state index in [0.717, 1.165) is 31.2 Å². The number of hydrogen-bond acceptors (Lipinski definition) is 2. The quantitative estimate of drug-likeness (QED) is 0.367. The highest BCUT2D eigenvalue weighted by atomic mass is 16.4. The molecule has 0 radical (unpaired) electrons. The summed E-state index contributed by atoms with van der Waals surface area (Å²) in [4.78, 5) is 22.8. The van der Waals surface area contributed by atoms with Crippen molar-refractivity contribution in [3.8, 4) is 0 Å². The Kier molecular flexibility index (Phi) is 10.9. The molecule has 33 heavy (non-hydrogen) atoms. The second-order valence-corrected chi connectivity index (χ2v) is 8.44. The van der Waals surface area contributed by atoms with Crippen LogP contribution in [0.25, 0.3) is 0 Å².